The highest BCUT2D eigenvalue weighted by Crippen LogP contribution is 2.35. The molecular formula is C19H17N2O+. The van der Waals surface area contributed by atoms with Gasteiger partial charge >= 0.3 is 0 Å². The highest BCUT2D eigenvalue weighted by Gasteiger charge is 2.21. The number of fused-ring (bicyclic) bond motifs is 3. The number of nitrogens with zero attached hydrogens (tertiary/aromatic N) is 2. The van der Waals surface area contributed by atoms with Gasteiger partial charge in [-0.05, 0) is 37.1 Å². The maximum absolute atomic E-state index is 6.14. The van der Waals surface area contributed by atoms with Crippen molar-refractivity contribution in [1.29, 1.82) is 0 Å². The molecule has 0 fully saturated rings. The van der Waals surface area contributed by atoms with Gasteiger partial charge in [0.15, 0.2) is 11.8 Å². The fourth-order valence-corrected chi connectivity index (χ4v) is 2.98. The lowest BCUT2D eigenvalue weighted by atomic mass is 10.0. The summed E-state index contributed by atoms with van der Waals surface area (Å²) in [4.78, 5) is 4.60. The maximum atomic E-state index is 6.14. The summed E-state index contributed by atoms with van der Waals surface area (Å²) in [5.74, 6) is 0. The van der Waals surface area contributed by atoms with Crippen LogP contribution in [-0.4, -0.2) is 4.98 Å². The number of rotatable bonds is 1. The van der Waals surface area contributed by atoms with E-state index in [-0.39, 0.29) is 0 Å². The minimum absolute atomic E-state index is 0.863. The molecular weight excluding hydrogens is 272 g/mol. The second-order valence-corrected chi connectivity index (χ2v) is 5.79. The lowest BCUT2D eigenvalue weighted by Gasteiger charge is -2.05. The van der Waals surface area contributed by atoms with Crippen molar-refractivity contribution in [2.24, 2.45) is 7.05 Å². The number of hydrogen-bond donors (Lipinski definition) is 0. The van der Waals surface area contributed by atoms with Gasteiger partial charge in [0.05, 0.1) is 5.56 Å². The van der Waals surface area contributed by atoms with E-state index in [9.17, 15) is 0 Å². The molecule has 0 saturated heterocycles. The Morgan fingerprint density at radius 2 is 1.91 bits per heavy atom. The first-order valence-electron chi connectivity index (χ1n) is 7.38. The van der Waals surface area contributed by atoms with E-state index in [0.717, 1.165) is 38.9 Å². The normalized spacial score (nSPS) is 11.4. The highest BCUT2D eigenvalue weighted by molar-refractivity contribution is 6.07. The number of pyridine rings is 2. The molecule has 4 aromatic rings. The number of para-hydroxylation sites is 1. The van der Waals surface area contributed by atoms with Crippen LogP contribution in [-0.2, 0) is 7.05 Å². The summed E-state index contributed by atoms with van der Waals surface area (Å²) in [5, 5.41) is 1.06. The Balaban J connectivity index is 2.17. The van der Waals surface area contributed by atoms with Crippen LogP contribution in [0.1, 0.15) is 11.1 Å². The number of hydrogen-bond acceptors (Lipinski definition) is 2. The Kier molecular flexibility index (Phi) is 2.76. The van der Waals surface area contributed by atoms with E-state index < -0.39 is 0 Å². The molecule has 0 spiro atoms. The van der Waals surface area contributed by atoms with Crippen LogP contribution in [0.15, 0.2) is 53.2 Å². The second kappa shape index (κ2) is 4.67. The molecule has 1 aromatic carbocycles. The van der Waals surface area contributed by atoms with Crippen molar-refractivity contribution in [2.45, 2.75) is 13.8 Å². The lowest BCUT2D eigenvalue weighted by molar-refractivity contribution is -0.660. The van der Waals surface area contributed by atoms with Crippen LogP contribution in [0.2, 0.25) is 0 Å². The zero-order valence-corrected chi connectivity index (χ0v) is 12.9. The summed E-state index contributed by atoms with van der Waals surface area (Å²) < 4.78 is 8.26. The van der Waals surface area contributed by atoms with Gasteiger partial charge in [0.25, 0.3) is 0 Å². The van der Waals surface area contributed by atoms with Crippen molar-refractivity contribution >= 4 is 22.1 Å². The first-order valence-corrected chi connectivity index (χ1v) is 7.38. The van der Waals surface area contributed by atoms with Crippen LogP contribution >= 0.6 is 0 Å². The Morgan fingerprint density at radius 3 is 2.77 bits per heavy atom. The average molecular weight is 289 g/mol. The van der Waals surface area contributed by atoms with E-state index in [1.165, 1.54) is 5.56 Å². The Bertz CT molecular complexity index is 1010. The second-order valence-electron chi connectivity index (χ2n) is 5.79. The summed E-state index contributed by atoms with van der Waals surface area (Å²) in [6.07, 6.45) is 4.01. The Morgan fingerprint density at radius 1 is 1.09 bits per heavy atom. The monoisotopic (exact) mass is 289 g/mol. The molecule has 4 rings (SSSR count). The van der Waals surface area contributed by atoms with Gasteiger partial charge in [-0.15, -0.1) is 0 Å². The number of aromatic nitrogens is 2. The molecule has 0 aliphatic heterocycles. The molecule has 0 amide bonds. The maximum Gasteiger partial charge on any atom is 0.216 e. The average Bonchev–Trinajstić information content (AvgIpc) is 2.88. The van der Waals surface area contributed by atoms with Gasteiger partial charge < -0.3 is 4.42 Å². The Hall–Kier alpha value is -2.68. The third-order valence-corrected chi connectivity index (χ3v) is 4.14. The summed E-state index contributed by atoms with van der Waals surface area (Å²) in [7, 11) is 2.06. The largest absolute Gasteiger partial charge is 0.453 e. The predicted molar refractivity (Wildman–Crippen MR) is 87.6 cm³/mol. The zero-order chi connectivity index (χ0) is 15.3. The fraction of sp³-hybridized carbons (Fsp3) is 0.158. The van der Waals surface area contributed by atoms with Gasteiger partial charge in [0.2, 0.25) is 5.69 Å². The van der Waals surface area contributed by atoms with Crippen LogP contribution < -0.4 is 4.57 Å². The van der Waals surface area contributed by atoms with Crippen LogP contribution in [0.25, 0.3) is 33.3 Å². The van der Waals surface area contributed by atoms with Crippen LogP contribution in [0, 0.1) is 13.8 Å². The topological polar surface area (TPSA) is 29.9 Å². The van der Waals surface area contributed by atoms with Gasteiger partial charge in [-0.25, -0.2) is 4.57 Å². The molecule has 3 aromatic heterocycles. The van der Waals surface area contributed by atoms with Crippen molar-refractivity contribution < 1.29 is 8.98 Å². The van der Waals surface area contributed by atoms with Crippen molar-refractivity contribution in [1.82, 2.24) is 4.98 Å². The van der Waals surface area contributed by atoms with E-state index in [1.807, 2.05) is 24.4 Å². The number of benzene rings is 1. The molecule has 0 aliphatic rings. The van der Waals surface area contributed by atoms with Crippen molar-refractivity contribution in [3.8, 4) is 11.3 Å². The van der Waals surface area contributed by atoms with Gasteiger partial charge in [-0.1, -0.05) is 12.1 Å². The van der Waals surface area contributed by atoms with E-state index >= 15 is 0 Å². The number of aryl methyl sites for hydroxylation is 3. The van der Waals surface area contributed by atoms with Crippen LogP contribution in [0.5, 0.6) is 0 Å². The van der Waals surface area contributed by atoms with E-state index in [0.29, 0.717) is 0 Å². The van der Waals surface area contributed by atoms with Crippen molar-refractivity contribution in [3.63, 3.8) is 0 Å². The first-order chi connectivity index (χ1) is 10.6. The summed E-state index contributed by atoms with van der Waals surface area (Å²) >= 11 is 0. The quantitative estimate of drug-likeness (QED) is 0.494. The molecule has 22 heavy (non-hydrogen) atoms. The summed E-state index contributed by atoms with van der Waals surface area (Å²) in [6.45, 7) is 4.19. The van der Waals surface area contributed by atoms with E-state index in [1.54, 1.807) is 0 Å². The van der Waals surface area contributed by atoms with Crippen molar-refractivity contribution in [3.05, 3.63) is 59.9 Å². The first kappa shape index (κ1) is 13.0. The molecule has 0 atom stereocenters. The molecule has 0 N–H and O–H groups in total. The molecule has 3 heteroatoms. The van der Waals surface area contributed by atoms with Gasteiger partial charge in [0, 0.05) is 23.7 Å². The van der Waals surface area contributed by atoms with Gasteiger partial charge in [-0.2, -0.15) is 0 Å². The molecule has 0 unspecified atom stereocenters. The predicted octanol–water partition coefficient (Wildman–Crippen LogP) is 4.09. The van der Waals surface area contributed by atoms with Gasteiger partial charge in [0.1, 0.15) is 18.1 Å². The third kappa shape index (κ3) is 1.82. The van der Waals surface area contributed by atoms with Gasteiger partial charge in [-0.3, -0.25) is 4.98 Å². The molecule has 108 valence electrons. The zero-order valence-electron chi connectivity index (χ0n) is 12.9. The van der Waals surface area contributed by atoms with Crippen LogP contribution in [0.3, 0.4) is 0 Å². The fourth-order valence-electron chi connectivity index (χ4n) is 2.98. The molecule has 0 radical (unpaired) electrons. The molecule has 3 nitrogen and oxygen atoms in total. The standard InChI is InChI=1S/C19H17N2O/c1-12-8-9-21(3)15(10-12)17-13(2)11-20-18-14-6-4-5-7-16(14)22-19(17)18/h4-11H,1-3H3/q+1. The van der Waals surface area contributed by atoms with Crippen LogP contribution in [0.4, 0.5) is 0 Å². The van der Waals surface area contributed by atoms with E-state index in [4.69, 9.17) is 4.42 Å². The summed E-state index contributed by atoms with van der Waals surface area (Å²) in [6, 6.07) is 12.4. The molecule has 0 aliphatic carbocycles. The molecule has 3 heterocycles. The lowest BCUT2D eigenvalue weighted by Crippen LogP contribution is -2.30. The minimum Gasteiger partial charge on any atom is -0.453 e. The van der Waals surface area contributed by atoms with E-state index in [2.05, 4.69) is 54.8 Å². The minimum atomic E-state index is 0.863. The molecule has 0 bridgehead atoms. The summed E-state index contributed by atoms with van der Waals surface area (Å²) in [5.41, 5.74) is 7.28. The third-order valence-electron chi connectivity index (χ3n) is 4.14. The highest BCUT2D eigenvalue weighted by atomic mass is 16.3. The molecule has 0 saturated carbocycles. The van der Waals surface area contributed by atoms with Crippen molar-refractivity contribution in [2.75, 3.05) is 0 Å². The number of furan rings is 1. The Labute approximate surface area is 128 Å². The SMILES string of the molecule is Cc1cc[n+](C)c(-c2c(C)cnc3c2oc2ccccc23)c1. The smallest absolute Gasteiger partial charge is 0.216 e.